The van der Waals surface area contributed by atoms with Crippen molar-refractivity contribution in [3.8, 4) is 0 Å². The van der Waals surface area contributed by atoms with Gasteiger partial charge in [-0.15, -0.1) is 0 Å². The van der Waals surface area contributed by atoms with E-state index in [4.69, 9.17) is 11.6 Å². The van der Waals surface area contributed by atoms with Crippen LogP contribution in [0.4, 0.5) is 0 Å². The second-order valence-corrected chi connectivity index (χ2v) is 6.01. The van der Waals surface area contributed by atoms with Crippen LogP contribution in [0, 0.1) is 0 Å². The zero-order valence-electron chi connectivity index (χ0n) is 12.2. The van der Waals surface area contributed by atoms with Gasteiger partial charge in [0.1, 0.15) is 5.69 Å². The number of hydrogen-bond acceptors (Lipinski definition) is 2. The maximum absolute atomic E-state index is 12.3. The molecule has 0 radical (unpaired) electrons. The zero-order valence-corrected chi connectivity index (χ0v) is 12.9. The molecule has 1 fully saturated rings. The summed E-state index contributed by atoms with van der Waals surface area (Å²) >= 11 is 6.21. The number of carbonyl (C=O) groups excluding carboxylic acids is 1. The Hall–Kier alpha value is -1.52. The number of aromatic nitrogens is 1. The lowest BCUT2D eigenvalue weighted by atomic mass is 10.1. The van der Waals surface area contributed by atoms with Crippen LogP contribution in [0.1, 0.15) is 29.8 Å². The van der Waals surface area contributed by atoms with E-state index in [-0.39, 0.29) is 5.91 Å². The van der Waals surface area contributed by atoms with Gasteiger partial charge in [0.15, 0.2) is 0 Å². The second kappa shape index (κ2) is 6.08. The number of rotatable bonds is 4. The van der Waals surface area contributed by atoms with Gasteiger partial charge in [0.25, 0.3) is 5.91 Å². The Morgan fingerprint density at radius 3 is 3.10 bits per heavy atom. The SMILES string of the molecule is Cn1c(C(=O)NCC[C@@H]2CCCN2)cc2cccc(Cl)c21. The first kappa shape index (κ1) is 14.4. The molecule has 2 heterocycles. The van der Waals surface area contributed by atoms with Crippen molar-refractivity contribution in [3.05, 3.63) is 35.0 Å². The number of amides is 1. The summed E-state index contributed by atoms with van der Waals surface area (Å²) in [5, 5.41) is 8.10. The van der Waals surface area contributed by atoms with Crippen molar-refractivity contribution < 1.29 is 4.79 Å². The van der Waals surface area contributed by atoms with Gasteiger partial charge in [0.05, 0.1) is 10.5 Å². The minimum Gasteiger partial charge on any atom is -0.351 e. The van der Waals surface area contributed by atoms with Crippen molar-refractivity contribution in [2.24, 2.45) is 7.05 Å². The van der Waals surface area contributed by atoms with Gasteiger partial charge in [-0.1, -0.05) is 23.7 Å². The van der Waals surface area contributed by atoms with E-state index in [9.17, 15) is 4.79 Å². The molecule has 2 aromatic rings. The molecule has 2 N–H and O–H groups in total. The Kier molecular flexibility index (Phi) is 4.17. The number of aryl methyl sites for hydroxylation is 1. The highest BCUT2D eigenvalue weighted by Gasteiger charge is 2.16. The minimum atomic E-state index is -0.0391. The van der Waals surface area contributed by atoms with Gasteiger partial charge in [-0.25, -0.2) is 0 Å². The summed E-state index contributed by atoms with van der Waals surface area (Å²) in [4.78, 5) is 12.3. The fourth-order valence-corrected chi connectivity index (χ4v) is 3.35. The number of hydrogen-bond donors (Lipinski definition) is 2. The second-order valence-electron chi connectivity index (χ2n) is 5.60. The first-order valence-corrected chi connectivity index (χ1v) is 7.80. The van der Waals surface area contributed by atoms with Crippen LogP contribution < -0.4 is 10.6 Å². The van der Waals surface area contributed by atoms with Crippen LogP contribution in [0.15, 0.2) is 24.3 Å². The maximum atomic E-state index is 12.3. The van der Waals surface area contributed by atoms with Crippen LogP contribution in [-0.2, 0) is 7.05 Å². The van der Waals surface area contributed by atoms with E-state index in [1.807, 2.05) is 35.9 Å². The van der Waals surface area contributed by atoms with Gasteiger partial charge in [0.2, 0.25) is 0 Å². The van der Waals surface area contributed by atoms with Crippen molar-refractivity contribution in [1.82, 2.24) is 15.2 Å². The number of para-hydroxylation sites is 1. The summed E-state index contributed by atoms with van der Waals surface area (Å²) in [6.45, 7) is 1.80. The summed E-state index contributed by atoms with van der Waals surface area (Å²) in [6.07, 6.45) is 3.43. The van der Waals surface area contributed by atoms with E-state index < -0.39 is 0 Å². The summed E-state index contributed by atoms with van der Waals surface area (Å²) in [6, 6.07) is 8.16. The molecule has 3 rings (SSSR count). The predicted octanol–water partition coefficient (Wildman–Crippen LogP) is 2.70. The average Bonchev–Trinajstić information content (AvgIpc) is 3.08. The van der Waals surface area contributed by atoms with Crippen molar-refractivity contribution in [2.45, 2.75) is 25.3 Å². The molecule has 0 saturated carbocycles. The largest absolute Gasteiger partial charge is 0.351 e. The molecular weight excluding hydrogens is 286 g/mol. The summed E-state index contributed by atoms with van der Waals surface area (Å²) < 4.78 is 1.86. The molecule has 1 aromatic heterocycles. The fourth-order valence-electron chi connectivity index (χ4n) is 3.04. The van der Waals surface area contributed by atoms with Crippen LogP contribution in [-0.4, -0.2) is 29.6 Å². The third-order valence-corrected chi connectivity index (χ3v) is 4.49. The lowest BCUT2D eigenvalue weighted by Crippen LogP contribution is -2.31. The van der Waals surface area contributed by atoms with E-state index in [2.05, 4.69) is 10.6 Å². The third kappa shape index (κ3) is 2.92. The highest BCUT2D eigenvalue weighted by molar-refractivity contribution is 6.35. The van der Waals surface area contributed by atoms with Crippen LogP contribution in [0.25, 0.3) is 10.9 Å². The molecule has 4 nitrogen and oxygen atoms in total. The van der Waals surface area contributed by atoms with Crippen molar-refractivity contribution >= 4 is 28.4 Å². The molecule has 1 aliphatic heterocycles. The van der Waals surface area contributed by atoms with Crippen LogP contribution >= 0.6 is 11.6 Å². The van der Waals surface area contributed by atoms with Gasteiger partial charge in [-0.05, 0) is 37.9 Å². The van der Waals surface area contributed by atoms with E-state index >= 15 is 0 Å². The molecule has 1 aromatic carbocycles. The fraction of sp³-hybridized carbons (Fsp3) is 0.438. The number of benzene rings is 1. The van der Waals surface area contributed by atoms with Crippen molar-refractivity contribution in [3.63, 3.8) is 0 Å². The lowest BCUT2D eigenvalue weighted by molar-refractivity contribution is 0.0944. The Labute approximate surface area is 129 Å². The van der Waals surface area contributed by atoms with Crippen LogP contribution in [0.5, 0.6) is 0 Å². The Balaban J connectivity index is 1.69. The first-order chi connectivity index (χ1) is 10.2. The third-order valence-electron chi connectivity index (χ3n) is 4.18. The van der Waals surface area contributed by atoms with Crippen molar-refractivity contribution in [2.75, 3.05) is 13.1 Å². The maximum Gasteiger partial charge on any atom is 0.267 e. The molecular formula is C16H20ClN3O. The van der Waals surface area contributed by atoms with Gasteiger partial charge >= 0.3 is 0 Å². The average molecular weight is 306 g/mol. The molecule has 0 bridgehead atoms. The molecule has 1 atom stereocenters. The molecule has 0 spiro atoms. The molecule has 0 aliphatic carbocycles. The zero-order chi connectivity index (χ0) is 14.8. The summed E-state index contributed by atoms with van der Waals surface area (Å²) in [5.74, 6) is -0.0391. The number of carbonyl (C=O) groups is 1. The normalized spacial score (nSPS) is 18.3. The van der Waals surface area contributed by atoms with Gasteiger partial charge in [-0.3, -0.25) is 4.79 Å². The molecule has 1 amide bonds. The highest BCUT2D eigenvalue weighted by atomic mass is 35.5. The number of halogens is 1. The smallest absolute Gasteiger partial charge is 0.267 e. The van der Waals surface area contributed by atoms with Crippen LogP contribution in [0.3, 0.4) is 0 Å². The molecule has 1 aliphatic rings. The quantitative estimate of drug-likeness (QED) is 0.912. The molecule has 1 saturated heterocycles. The molecule has 0 unspecified atom stereocenters. The number of fused-ring (bicyclic) bond motifs is 1. The number of nitrogens with one attached hydrogen (secondary N) is 2. The minimum absolute atomic E-state index is 0.0391. The molecule has 112 valence electrons. The van der Waals surface area contributed by atoms with E-state index in [1.54, 1.807) is 0 Å². The van der Waals surface area contributed by atoms with Gasteiger partial charge in [0, 0.05) is 25.0 Å². The lowest BCUT2D eigenvalue weighted by Gasteiger charge is -2.11. The van der Waals surface area contributed by atoms with E-state index in [0.717, 1.165) is 23.9 Å². The summed E-state index contributed by atoms with van der Waals surface area (Å²) in [5.41, 5.74) is 1.55. The molecule has 21 heavy (non-hydrogen) atoms. The first-order valence-electron chi connectivity index (χ1n) is 7.42. The molecule has 5 heteroatoms. The van der Waals surface area contributed by atoms with E-state index in [0.29, 0.717) is 23.3 Å². The predicted molar refractivity (Wildman–Crippen MR) is 85.9 cm³/mol. The van der Waals surface area contributed by atoms with Gasteiger partial charge in [-0.2, -0.15) is 0 Å². The Bertz CT molecular complexity index is 659. The number of nitrogens with zero attached hydrogens (tertiary/aromatic N) is 1. The highest BCUT2D eigenvalue weighted by Crippen LogP contribution is 2.26. The Morgan fingerprint density at radius 1 is 1.52 bits per heavy atom. The standard InChI is InChI=1S/C16H20ClN3O/c1-20-14(10-11-4-2-6-13(17)15(11)20)16(21)19-9-7-12-5-3-8-18-12/h2,4,6,10,12,18H,3,5,7-9H2,1H3,(H,19,21)/t12-/m0/s1. The van der Waals surface area contributed by atoms with Crippen molar-refractivity contribution in [1.29, 1.82) is 0 Å². The summed E-state index contributed by atoms with van der Waals surface area (Å²) in [7, 11) is 1.88. The topological polar surface area (TPSA) is 46.1 Å². The van der Waals surface area contributed by atoms with E-state index in [1.165, 1.54) is 12.8 Å². The van der Waals surface area contributed by atoms with Crippen LogP contribution in [0.2, 0.25) is 5.02 Å². The van der Waals surface area contributed by atoms with Gasteiger partial charge < -0.3 is 15.2 Å². The monoisotopic (exact) mass is 305 g/mol. The Morgan fingerprint density at radius 2 is 2.38 bits per heavy atom.